The first-order valence-electron chi connectivity index (χ1n) is 6.01. The molecule has 0 saturated carbocycles. The van der Waals surface area contributed by atoms with Crippen molar-refractivity contribution in [3.8, 4) is 11.8 Å². The molecule has 0 N–H and O–H groups in total. The zero-order valence-corrected chi connectivity index (χ0v) is 11.6. The zero-order valence-electron chi connectivity index (χ0n) is 11.6. The molecule has 0 atom stereocenters. The number of aryl methyl sites for hydroxylation is 1. The number of hydrogen-bond donors (Lipinski definition) is 0. The van der Waals surface area contributed by atoms with Gasteiger partial charge < -0.3 is 4.57 Å². The molecule has 2 heterocycles. The largest absolute Gasteiger partial charge is 0.348 e. The van der Waals surface area contributed by atoms with Gasteiger partial charge in [0.2, 0.25) is 0 Å². The van der Waals surface area contributed by atoms with Gasteiger partial charge in [-0.2, -0.15) is 10.2 Å². The van der Waals surface area contributed by atoms with Crippen molar-refractivity contribution in [2.45, 2.75) is 34.6 Å². The standard InChI is InChI=1S/C10H9N3.2C2H6/c1-3-4-8-7-13(2)10-6-12-11-5-9(8)10;2*1-2/h5-7H,1-2H3;2*1-2H3. The van der Waals surface area contributed by atoms with Gasteiger partial charge in [-0.25, -0.2) is 0 Å². The van der Waals surface area contributed by atoms with E-state index in [4.69, 9.17) is 0 Å². The Labute approximate surface area is 104 Å². The van der Waals surface area contributed by atoms with Crippen LogP contribution in [0.5, 0.6) is 0 Å². The summed E-state index contributed by atoms with van der Waals surface area (Å²) in [5.41, 5.74) is 2.07. The molecule has 0 saturated heterocycles. The van der Waals surface area contributed by atoms with Crippen molar-refractivity contribution < 1.29 is 0 Å². The minimum atomic E-state index is 1.01. The monoisotopic (exact) mass is 231 g/mol. The highest BCUT2D eigenvalue weighted by Gasteiger charge is 2.03. The number of fused-ring (bicyclic) bond motifs is 1. The van der Waals surface area contributed by atoms with Gasteiger partial charge in [0.1, 0.15) is 0 Å². The molecule has 0 aliphatic rings. The molecule has 0 fully saturated rings. The van der Waals surface area contributed by atoms with Gasteiger partial charge in [-0.1, -0.05) is 33.6 Å². The van der Waals surface area contributed by atoms with Gasteiger partial charge >= 0.3 is 0 Å². The second-order valence-corrected chi connectivity index (χ2v) is 2.82. The molecule has 2 aromatic heterocycles. The van der Waals surface area contributed by atoms with Gasteiger partial charge in [-0.15, -0.1) is 5.92 Å². The summed E-state index contributed by atoms with van der Waals surface area (Å²) in [6.45, 7) is 9.83. The summed E-state index contributed by atoms with van der Waals surface area (Å²) in [6, 6.07) is 0. The molecule has 0 aliphatic heterocycles. The number of nitrogens with zero attached hydrogens (tertiary/aromatic N) is 3. The lowest BCUT2D eigenvalue weighted by Crippen LogP contribution is -1.85. The van der Waals surface area contributed by atoms with E-state index in [9.17, 15) is 0 Å². The summed E-state index contributed by atoms with van der Waals surface area (Å²) < 4.78 is 2.00. The molecular weight excluding hydrogens is 210 g/mol. The minimum absolute atomic E-state index is 1.01. The van der Waals surface area contributed by atoms with Crippen LogP contribution in [0, 0.1) is 11.8 Å². The van der Waals surface area contributed by atoms with Crippen molar-refractivity contribution in [2.24, 2.45) is 7.05 Å². The number of rotatable bonds is 0. The fourth-order valence-corrected chi connectivity index (χ4v) is 1.37. The summed E-state index contributed by atoms with van der Waals surface area (Å²) in [6.07, 6.45) is 5.48. The fourth-order valence-electron chi connectivity index (χ4n) is 1.37. The molecule has 0 unspecified atom stereocenters. The van der Waals surface area contributed by atoms with Crippen LogP contribution in [-0.4, -0.2) is 14.8 Å². The van der Waals surface area contributed by atoms with Crippen LogP contribution in [0.1, 0.15) is 40.2 Å². The quantitative estimate of drug-likeness (QED) is 0.651. The molecule has 0 spiro atoms. The molecule has 0 radical (unpaired) electrons. The van der Waals surface area contributed by atoms with Crippen LogP contribution in [0.25, 0.3) is 10.9 Å². The molecule has 92 valence electrons. The Hall–Kier alpha value is -1.82. The van der Waals surface area contributed by atoms with Crippen LogP contribution in [0.3, 0.4) is 0 Å². The molecule has 2 aromatic rings. The smallest absolute Gasteiger partial charge is 0.0739 e. The Morgan fingerprint density at radius 3 is 2.24 bits per heavy atom. The number of aromatic nitrogens is 3. The molecule has 0 bridgehead atoms. The van der Waals surface area contributed by atoms with Crippen LogP contribution in [0.2, 0.25) is 0 Å². The van der Waals surface area contributed by atoms with E-state index in [1.54, 1.807) is 12.4 Å². The van der Waals surface area contributed by atoms with Gasteiger partial charge in [0.05, 0.1) is 23.5 Å². The first-order valence-corrected chi connectivity index (χ1v) is 6.01. The van der Waals surface area contributed by atoms with E-state index in [0.717, 1.165) is 16.5 Å². The predicted octanol–water partition coefficient (Wildman–Crippen LogP) is 3.39. The molecular formula is C14H21N3. The van der Waals surface area contributed by atoms with Gasteiger partial charge in [0, 0.05) is 18.6 Å². The third-order valence-electron chi connectivity index (χ3n) is 1.96. The van der Waals surface area contributed by atoms with Crippen LogP contribution in [-0.2, 0) is 7.05 Å². The molecule has 17 heavy (non-hydrogen) atoms. The normalized spacial score (nSPS) is 8.12. The summed E-state index contributed by atoms with van der Waals surface area (Å²) in [5.74, 6) is 5.91. The lowest BCUT2D eigenvalue weighted by atomic mass is 10.2. The zero-order chi connectivity index (χ0) is 13.3. The summed E-state index contributed by atoms with van der Waals surface area (Å²) in [5, 5.41) is 8.73. The van der Waals surface area contributed by atoms with E-state index in [1.807, 2.05) is 52.4 Å². The van der Waals surface area contributed by atoms with Crippen LogP contribution >= 0.6 is 0 Å². The molecule has 3 nitrogen and oxygen atoms in total. The summed E-state index contributed by atoms with van der Waals surface area (Å²) >= 11 is 0. The average molecular weight is 231 g/mol. The van der Waals surface area contributed by atoms with E-state index in [1.165, 1.54) is 0 Å². The highest BCUT2D eigenvalue weighted by Crippen LogP contribution is 2.16. The Morgan fingerprint density at radius 2 is 1.65 bits per heavy atom. The van der Waals surface area contributed by atoms with Crippen molar-refractivity contribution in [3.63, 3.8) is 0 Å². The Bertz CT molecular complexity index is 501. The molecule has 0 aliphatic carbocycles. The second-order valence-electron chi connectivity index (χ2n) is 2.82. The third kappa shape index (κ3) is 3.60. The van der Waals surface area contributed by atoms with Crippen molar-refractivity contribution >= 4 is 10.9 Å². The average Bonchev–Trinajstić information content (AvgIpc) is 2.73. The first-order chi connectivity index (χ1) is 8.33. The van der Waals surface area contributed by atoms with E-state index < -0.39 is 0 Å². The molecule has 0 aromatic carbocycles. The molecule has 2 rings (SSSR count). The van der Waals surface area contributed by atoms with Gasteiger partial charge in [0.25, 0.3) is 0 Å². The van der Waals surface area contributed by atoms with Crippen LogP contribution in [0.15, 0.2) is 18.6 Å². The van der Waals surface area contributed by atoms with Gasteiger partial charge in [0.15, 0.2) is 0 Å². The maximum atomic E-state index is 3.84. The van der Waals surface area contributed by atoms with Crippen molar-refractivity contribution in [1.82, 2.24) is 14.8 Å². The second kappa shape index (κ2) is 8.35. The lowest BCUT2D eigenvalue weighted by Gasteiger charge is -1.90. The summed E-state index contributed by atoms with van der Waals surface area (Å²) in [4.78, 5) is 0. The maximum Gasteiger partial charge on any atom is 0.0739 e. The van der Waals surface area contributed by atoms with Crippen molar-refractivity contribution in [2.75, 3.05) is 0 Å². The SMILES string of the molecule is CC.CC.CC#Cc1cn(C)c2cnncc12. The topological polar surface area (TPSA) is 30.7 Å². The molecule has 3 heteroatoms. The van der Waals surface area contributed by atoms with E-state index in [2.05, 4.69) is 22.0 Å². The van der Waals surface area contributed by atoms with E-state index in [0.29, 0.717) is 0 Å². The number of hydrogen-bond acceptors (Lipinski definition) is 2. The van der Waals surface area contributed by atoms with Crippen LogP contribution in [0.4, 0.5) is 0 Å². The Kier molecular flexibility index (Phi) is 7.45. The van der Waals surface area contributed by atoms with E-state index >= 15 is 0 Å². The third-order valence-corrected chi connectivity index (χ3v) is 1.96. The van der Waals surface area contributed by atoms with Gasteiger partial charge in [-0.05, 0) is 6.92 Å². The maximum absolute atomic E-state index is 3.84. The minimum Gasteiger partial charge on any atom is -0.348 e. The Balaban J connectivity index is 0.000000581. The lowest BCUT2D eigenvalue weighted by molar-refractivity contribution is 0.951. The van der Waals surface area contributed by atoms with Crippen molar-refractivity contribution in [3.05, 3.63) is 24.2 Å². The first kappa shape index (κ1) is 15.2. The highest BCUT2D eigenvalue weighted by atomic mass is 15.1. The van der Waals surface area contributed by atoms with Gasteiger partial charge in [-0.3, -0.25) is 0 Å². The molecule has 0 amide bonds. The highest BCUT2D eigenvalue weighted by molar-refractivity contribution is 5.85. The summed E-state index contributed by atoms with van der Waals surface area (Å²) in [7, 11) is 1.98. The van der Waals surface area contributed by atoms with Crippen molar-refractivity contribution in [1.29, 1.82) is 0 Å². The Morgan fingerprint density at radius 1 is 1.06 bits per heavy atom. The van der Waals surface area contributed by atoms with Crippen LogP contribution < -0.4 is 0 Å². The van der Waals surface area contributed by atoms with E-state index in [-0.39, 0.29) is 0 Å². The fraction of sp³-hybridized carbons (Fsp3) is 0.429. The predicted molar refractivity (Wildman–Crippen MR) is 73.8 cm³/mol.